The zero-order chi connectivity index (χ0) is 18.6. The summed E-state index contributed by atoms with van der Waals surface area (Å²) in [4.78, 5) is 17.1. The van der Waals surface area contributed by atoms with Crippen LogP contribution in [0.1, 0.15) is 40.5 Å². The van der Waals surface area contributed by atoms with Gasteiger partial charge in [-0.05, 0) is 31.5 Å². The van der Waals surface area contributed by atoms with Gasteiger partial charge in [0.15, 0.2) is 5.82 Å². The van der Waals surface area contributed by atoms with E-state index in [1.807, 2.05) is 30.3 Å². The molecule has 1 amide bonds. The number of anilines is 1. The van der Waals surface area contributed by atoms with Crippen LogP contribution in [0.15, 0.2) is 42.7 Å². The largest absolute Gasteiger partial charge is 0.317 e. The Kier molecular flexibility index (Phi) is 6.43. The number of nitrogens with one attached hydrogen (secondary N) is 2. The number of piperidine rings is 1. The Balaban J connectivity index is 0.00000225. The van der Waals surface area contributed by atoms with Gasteiger partial charge in [0, 0.05) is 19.2 Å². The maximum atomic E-state index is 12.6. The molecule has 0 saturated carbocycles. The van der Waals surface area contributed by atoms with Crippen molar-refractivity contribution in [2.45, 2.75) is 25.3 Å². The standard InChI is InChI=1S/C19H23N7O.ClH/c1-25-19(22-17(24-25)15-7-9-20-10-8-15)23-18(27)16-11-21-26(13-16)12-14-5-3-2-4-6-14;/h2-6,11,13,15,20H,7-10,12H2,1H3,(H,22,23,24,27);1H. The van der Waals surface area contributed by atoms with Crippen LogP contribution in [-0.4, -0.2) is 43.5 Å². The highest BCUT2D eigenvalue weighted by Crippen LogP contribution is 2.23. The predicted octanol–water partition coefficient (Wildman–Crippen LogP) is 2.20. The molecule has 2 aromatic heterocycles. The lowest BCUT2D eigenvalue weighted by molar-refractivity contribution is 0.102. The van der Waals surface area contributed by atoms with Crippen molar-refractivity contribution >= 4 is 24.3 Å². The lowest BCUT2D eigenvalue weighted by atomic mass is 9.98. The number of halogens is 1. The van der Waals surface area contributed by atoms with Gasteiger partial charge in [0.05, 0.1) is 18.3 Å². The van der Waals surface area contributed by atoms with E-state index in [2.05, 4.69) is 25.8 Å². The second-order valence-electron chi connectivity index (χ2n) is 6.81. The molecule has 0 atom stereocenters. The quantitative estimate of drug-likeness (QED) is 0.684. The van der Waals surface area contributed by atoms with Crippen molar-refractivity contribution < 1.29 is 4.79 Å². The third-order valence-corrected chi connectivity index (χ3v) is 4.79. The second kappa shape index (κ2) is 8.99. The molecule has 2 N–H and O–H groups in total. The van der Waals surface area contributed by atoms with Crippen LogP contribution in [0.5, 0.6) is 0 Å². The third kappa shape index (κ3) is 4.58. The van der Waals surface area contributed by atoms with E-state index in [1.165, 1.54) is 0 Å². The molecule has 3 aromatic rings. The zero-order valence-electron chi connectivity index (χ0n) is 15.7. The van der Waals surface area contributed by atoms with Crippen LogP contribution in [0.3, 0.4) is 0 Å². The summed E-state index contributed by atoms with van der Waals surface area (Å²) in [5.41, 5.74) is 1.63. The number of benzene rings is 1. The lowest BCUT2D eigenvalue weighted by Crippen LogP contribution is -2.27. The number of hydrogen-bond donors (Lipinski definition) is 2. The van der Waals surface area contributed by atoms with Crippen molar-refractivity contribution in [3.8, 4) is 0 Å². The predicted molar refractivity (Wildman–Crippen MR) is 109 cm³/mol. The average molecular weight is 402 g/mol. The Morgan fingerprint density at radius 3 is 2.75 bits per heavy atom. The second-order valence-corrected chi connectivity index (χ2v) is 6.81. The Hall–Kier alpha value is -2.71. The van der Waals surface area contributed by atoms with Crippen LogP contribution in [0.25, 0.3) is 0 Å². The van der Waals surface area contributed by atoms with E-state index in [0.29, 0.717) is 24.0 Å². The van der Waals surface area contributed by atoms with Gasteiger partial charge in [-0.15, -0.1) is 12.4 Å². The minimum absolute atomic E-state index is 0. The number of amides is 1. The van der Waals surface area contributed by atoms with Crippen molar-refractivity contribution in [2.75, 3.05) is 18.4 Å². The van der Waals surface area contributed by atoms with Crippen molar-refractivity contribution in [3.63, 3.8) is 0 Å². The average Bonchev–Trinajstić information content (AvgIpc) is 3.30. The number of aromatic nitrogens is 5. The highest BCUT2D eigenvalue weighted by Gasteiger charge is 2.21. The minimum Gasteiger partial charge on any atom is -0.317 e. The molecule has 0 radical (unpaired) electrons. The van der Waals surface area contributed by atoms with E-state index in [-0.39, 0.29) is 18.3 Å². The summed E-state index contributed by atoms with van der Waals surface area (Å²) in [6.45, 7) is 2.58. The van der Waals surface area contributed by atoms with E-state index in [0.717, 1.165) is 37.3 Å². The van der Waals surface area contributed by atoms with Crippen LogP contribution < -0.4 is 10.6 Å². The third-order valence-electron chi connectivity index (χ3n) is 4.79. The Labute approximate surface area is 169 Å². The van der Waals surface area contributed by atoms with E-state index in [9.17, 15) is 4.79 Å². The number of hydrogen-bond acceptors (Lipinski definition) is 5. The Morgan fingerprint density at radius 1 is 1.25 bits per heavy atom. The molecule has 8 nitrogen and oxygen atoms in total. The van der Waals surface area contributed by atoms with Gasteiger partial charge >= 0.3 is 0 Å². The molecule has 1 saturated heterocycles. The molecule has 0 spiro atoms. The topological polar surface area (TPSA) is 89.7 Å². The minimum atomic E-state index is -0.235. The summed E-state index contributed by atoms with van der Waals surface area (Å²) < 4.78 is 3.38. The van der Waals surface area contributed by atoms with E-state index in [4.69, 9.17) is 0 Å². The summed E-state index contributed by atoms with van der Waals surface area (Å²) in [6.07, 6.45) is 5.35. The highest BCUT2D eigenvalue weighted by molar-refractivity contribution is 6.03. The van der Waals surface area contributed by atoms with Gasteiger partial charge in [-0.3, -0.25) is 14.8 Å². The van der Waals surface area contributed by atoms with E-state index < -0.39 is 0 Å². The Bertz CT molecular complexity index is 916. The molecule has 3 heterocycles. The van der Waals surface area contributed by atoms with Gasteiger partial charge < -0.3 is 5.32 Å². The van der Waals surface area contributed by atoms with Crippen molar-refractivity contribution in [1.82, 2.24) is 29.9 Å². The van der Waals surface area contributed by atoms with Crippen molar-refractivity contribution in [3.05, 3.63) is 59.7 Å². The first-order valence-corrected chi connectivity index (χ1v) is 9.18. The molecule has 9 heteroatoms. The Morgan fingerprint density at radius 2 is 2.00 bits per heavy atom. The molecule has 148 valence electrons. The maximum Gasteiger partial charge on any atom is 0.261 e. The molecule has 0 unspecified atom stereocenters. The molecule has 1 aliphatic rings. The summed E-state index contributed by atoms with van der Waals surface area (Å²) in [6, 6.07) is 10.0. The fraction of sp³-hybridized carbons (Fsp3) is 0.368. The summed E-state index contributed by atoms with van der Waals surface area (Å²) in [5.74, 6) is 1.37. The van der Waals surface area contributed by atoms with Crippen LogP contribution in [0.4, 0.5) is 5.95 Å². The maximum absolute atomic E-state index is 12.6. The van der Waals surface area contributed by atoms with Crippen LogP contribution in [0.2, 0.25) is 0 Å². The van der Waals surface area contributed by atoms with Crippen LogP contribution >= 0.6 is 12.4 Å². The molecular weight excluding hydrogens is 378 g/mol. The molecule has 4 rings (SSSR count). The normalized spacial score (nSPS) is 14.5. The smallest absolute Gasteiger partial charge is 0.261 e. The first-order chi connectivity index (χ1) is 13.2. The van der Waals surface area contributed by atoms with Crippen LogP contribution in [0, 0.1) is 0 Å². The monoisotopic (exact) mass is 401 g/mol. The van der Waals surface area contributed by atoms with Gasteiger partial charge in [-0.1, -0.05) is 30.3 Å². The number of aryl methyl sites for hydroxylation is 1. The molecule has 0 aliphatic carbocycles. The van der Waals surface area contributed by atoms with Gasteiger partial charge in [0.1, 0.15) is 0 Å². The molecular formula is C19H24ClN7O. The number of nitrogens with zero attached hydrogens (tertiary/aromatic N) is 5. The molecule has 1 fully saturated rings. The first-order valence-electron chi connectivity index (χ1n) is 9.18. The zero-order valence-corrected chi connectivity index (χ0v) is 16.5. The fourth-order valence-corrected chi connectivity index (χ4v) is 3.28. The molecule has 0 bridgehead atoms. The lowest BCUT2D eigenvalue weighted by Gasteiger charge is -2.19. The number of rotatable bonds is 5. The number of carbonyl (C=O) groups is 1. The fourth-order valence-electron chi connectivity index (χ4n) is 3.28. The summed E-state index contributed by atoms with van der Waals surface area (Å²) in [7, 11) is 1.80. The SMILES string of the molecule is Cl.Cn1nc(C2CCNCC2)nc1NC(=O)c1cnn(Cc2ccccc2)c1. The van der Waals surface area contributed by atoms with Crippen LogP contribution in [-0.2, 0) is 13.6 Å². The van der Waals surface area contributed by atoms with Gasteiger partial charge in [-0.2, -0.15) is 15.2 Å². The molecule has 1 aromatic carbocycles. The molecule has 1 aliphatic heterocycles. The summed E-state index contributed by atoms with van der Waals surface area (Å²) >= 11 is 0. The van der Waals surface area contributed by atoms with E-state index in [1.54, 1.807) is 28.8 Å². The van der Waals surface area contributed by atoms with Crippen molar-refractivity contribution in [2.24, 2.45) is 7.05 Å². The molecule has 28 heavy (non-hydrogen) atoms. The summed E-state index contributed by atoms with van der Waals surface area (Å²) in [5, 5.41) is 14.9. The van der Waals surface area contributed by atoms with Gasteiger partial charge in [0.2, 0.25) is 5.95 Å². The van der Waals surface area contributed by atoms with Crippen molar-refractivity contribution in [1.29, 1.82) is 0 Å². The van der Waals surface area contributed by atoms with Gasteiger partial charge in [0.25, 0.3) is 5.91 Å². The first kappa shape index (κ1) is 20.0. The number of carbonyl (C=O) groups excluding carboxylic acids is 1. The van der Waals surface area contributed by atoms with Gasteiger partial charge in [-0.25, -0.2) is 4.68 Å². The van der Waals surface area contributed by atoms with E-state index >= 15 is 0 Å². The highest BCUT2D eigenvalue weighted by atomic mass is 35.5.